The number of carbonyl (C=O) groups excluding carboxylic acids is 2. The Hall–Kier alpha value is -2.55. The number of nitrogens with zero attached hydrogens (tertiary/aromatic N) is 1. The molecule has 9 heteroatoms. The Balaban J connectivity index is 2.01. The predicted molar refractivity (Wildman–Crippen MR) is 105 cm³/mol. The van der Waals surface area contributed by atoms with Crippen LogP contribution in [0.1, 0.15) is 30.5 Å². The van der Waals surface area contributed by atoms with Crippen LogP contribution in [0.2, 0.25) is 0 Å². The highest BCUT2D eigenvalue weighted by Gasteiger charge is 2.31. The van der Waals surface area contributed by atoms with Crippen molar-refractivity contribution >= 4 is 27.7 Å². The first-order chi connectivity index (χ1) is 13.5. The van der Waals surface area contributed by atoms with Gasteiger partial charge in [-0.2, -0.15) is 0 Å². The molecule has 0 aliphatic carbocycles. The molecule has 2 aromatic carbocycles. The zero-order valence-corrected chi connectivity index (χ0v) is 17.4. The van der Waals surface area contributed by atoms with Crippen molar-refractivity contribution in [3.63, 3.8) is 0 Å². The number of nitrogens with one attached hydrogen (secondary N) is 1. The topological polar surface area (TPSA) is 58.6 Å². The van der Waals surface area contributed by atoms with Crippen LogP contribution in [0.5, 0.6) is 5.75 Å². The SMILES string of the molecule is CC(=O)NC(CC(=O)N(C)Cc1ccc(OC(F)(F)F)cc1)c1ccc(Br)cc1. The van der Waals surface area contributed by atoms with Crippen LogP contribution < -0.4 is 10.1 Å². The fourth-order valence-corrected chi connectivity index (χ4v) is 2.95. The van der Waals surface area contributed by atoms with E-state index in [4.69, 9.17) is 0 Å². The van der Waals surface area contributed by atoms with E-state index in [9.17, 15) is 22.8 Å². The summed E-state index contributed by atoms with van der Waals surface area (Å²) in [6.45, 7) is 1.59. The summed E-state index contributed by atoms with van der Waals surface area (Å²) >= 11 is 3.34. The van der Waals surface area contributed by atoms with E-state index in [1.807, 2.05) is 24.3 Å². The van der Waals surface area contributed by atoms with Gasteiger partial charge in [0.1, 0.15) is 5.75 Å². The quantitative estimate of drug-likeness (QED) is 0.641. The van der Waals surface area contributed by atoms with E-state index in [0.29, 0.717) is 5.56 Å². The minimum atomic E-state index is -4.75. The molecule has 5 nitrogen and oxygen atoms in total. The van der Waals surface area contributed by atoms with Crippen molar-refractivity contribution in [3.05, 3.63) is 64.1 Å². The molecular formula is C20H20BrF3N2O3. The molecule has 29 heavy (non-hydrogen) atoms. The number of carbonyl (C=O) groups is 2. The molecule has 0 heterocycles. The number of rotatable bonds is 7. The molecule has 2 amide bonds. The minimum Gasteiger partial charge on any atom is -0.406 e. The summed E-state index contributed by atoms with van der Waals surface area (Å²) in [5.41, 5.74) is 1.44. The molecule has 2 rings (SSSR count). The second-order valence-electron chi connectivity index (χ2n) is 6.45. The van der Waals surface area contributed by atoms with Crippen LogP contribution in [0.15, 0.2) is 53.0 Å². The molecule has 2 aromatic rings. The molecule has 0 bridgehead atoms. The first kappa shape index (κ1) is 22.7. The van der Waals surface area contributed by atoms with Gasteiger partial charge in [0.05, 0.1) is 12.5 Å². The van der Waals surface area contributed by atoms with Crippen molar-refractivity contribution in [2.24, 2.45) is 0 Å². The van der Waals surface area contributed by atoms with Gasteiger partial charge in [0.2, 0.25) is 11.8 Å². The van der Waals surface area contributed by atoms with Crippen molar-refractivity contribution in [1.82, 2.24) is 10.2 Å². The lowest BCUT2D eigenvalue weighted by Crippen LogP contribution is -2.33. The van der Waals surface area contributed by atoms with Crippen LogP contribution in [-0.4, -0.2) is 30.1 Å². The molecule has 1 atom stereocenters. The van der Waals surface area contributed by atoms with Gasteiger partial charge in [-0.15, -0.1) is 13.2 Å². The van der Waals surface area contributed by atoms with Crippen LogP contribution in [-0.2, 0) is 16.1 Å². The molecule has 1 N–H and O–H groups in total. The third-order valence-electron chi connectivity index (χ3n) is 4.03. The number of amides is 2. The molecule has 0 fully saturated rings. The summed E-state index contributed by atoms with van der Waals surface area (Å²) in [6, 6.07) is 12.1. The standard InChI is InChI=1S/C20H20BrF3N2O3/c1-13(27)25-18(15-5-7-16(21)8-6-15)11-19(28)26(2)12-14-3-9-17(10-4-14)29-20(22,23)24/h3-10,18H,11-12H2,1-2H3,(H,25,27). The molecule has 0 aliphatic heterocycles. The number of halogens is 4. The monoisotopic (exact) mass is 472 g/mol. The fraction of sp³-hybridized carbons (Fsp3) is 0.300. The van der Waals surface area contributed by atoms with Crippen molar-refractivity contribution in [1.29, 1.82) is 0 Å². The summed E-state index contributed by atoms with van der Waals surface area (Å²) < 4.78 is 41.4. The van der Waals surface area contributed by atoms with Gasteiger partial charge >= 0.3 is 6.36 Å². The van der Waals surface area contributed by atoms with Crippen LogP contribution in [0.4, 0.5) is 13.2 Å². The lowest BCUT2D eigenvalue weighted by molar-refractivity contribution is -0.274. The number of benzene rings is 2. The first-order valence-electron chi connectivity index (χ1n) is 8.64. The normalized spacial score (nSPS) is 12.2. The zero-order chi connectivity index (χ0) is 21.6. The van der Waals surface area contributed by atoms with Crippen molar-refractivity contribution < 1.29 is 27.5 Å². The van der Waals surface area contributed by atoms with Gasteiger partial charge in [0.25, 0.3) is 0 Å². The Morgan fingerprint density at radius 3 is 2.21 bits per heavy atom. The Bertz CT molecular complexity index is 840. The Morgan fingerprint density at radius 2 is 1.69 bits per heavy atom. The number of hydrogen-bond donors (Lipinski definition) is 1. The molecule has 0 spiro atoms. The van der Waals surface area contributed by atoms with Gasteiger partial charge in [-0.05, 0) is 35.4 Å². The minimum absolute atomic E-state index is 0.0486. The molecule has 0 radical (unpaired) electrons. The molecule has 156 valence electrons. The maximum Gasteiger partial charge on any atom is 0.573 e. The third kappa shape index (κ3) is 7.77. The maximum atomic E-state index is 12.6. The van der Waals surface area contributed by atoms with Gasteiger partial charge < -0.3 is 15.0 Å². The Morgan fingerprint density at radius 1 is 1.10 bits per heavy atom. The average Bonchev–Trinajstić information content (AvgIpc) is 2.61. The van der Waals surface area contributed by atoms with Crippen LogP contribution in [0.3, 0.4) is 0 Å². The van der Waals surface area contributed by atoms with E-state index >= 15 is 0 Å². The number of alkyl halides is 3. The summed E-state index contributed by atoms with van der Waals surface area (Å²) in [5, 5.41) is 2.77. The molecule has 1 unspecified atom stereocenters. The molecule has 0 saturated heterocycles. The second-order valence-corrected chi connectivity index (χ2v) is 7.37. The molecular weight excluding hydrogens is 453 g/mol. The van der Waals surface area contributed by atoms with Crippen molar-refractivity contribution in [2.75, 3.05) is 7.05 Å². The lowest BCUT2D eigenvalue weighted by Gasteiger charge is -2.23. The smallest absolute Gasteiger partial charge is 0.406 e. The van der Waals surface area contributed by atoms with E-state index < -0.39 is 12.4 Å². The van der Waals surface area contributed by atoms with Crippen LogP contribution in [0, 0.1) is 0 Å². The van der Waals surface area contributed by atoms with E-state index in [1.54, 1.807) is 7.05 Å². The fourth-order valence-electron chi connectivity index (χ4n) is 2.68. The van der Waals surface area contributed by atoms with Gasteiger partial charge in [-0.1, -0.05) is 40.2 Å². The molecule has 0 aromatic heterocycles. The highest BCUT2D eigenvalue weighted by atomic mass is 79.9. The summed E-state index contributed by atoms with van der Waals surface area (Å²) in [6.07, 6.45) is -4.70. The van der Waals surface area contributed by atoms with E-state index in [-0.39, 0.29) is 30.5 Å². The maximum absolute atomic E-state index is 12.6. The second kappa shape index (κ2) is 9.78. The van der Waals surface area contributed by atoms with Gasteiger partial charge in [-0.3, -0.25) is 9.59 Å². The average molecular weight is 473 g/mol. The Labute approximate surface area is 175 Å². The highest BCUT2D eigenvalue weighted by Crippen LogP contribution is 2.24. The summed E-state index contributed by atoms with van der Waals surface area (Å²) in [7, 11) is 1.59. The largest absolute Gasteiger partial charge is 0.573 e. The lowest BCUT2D eigenvalue weighted by atomic mass is 10.0. The van der Waals surface area contributed by atoms with E-state index in [1.165, 1.54) is 36.1 Å². The first-order valence-corrected chi connectivity index (χ1v) is 9.44. The summed E-state index contributed by atoms with van der Waals surface area (Å²) in [4.78, 5) is 25.6. The molecule has 0 aliphatic rings. The summed E-state index contributed by atoms with van der Waals surface area (Å²) in [5.74, 6) is -0.799. The van der Waals surface area contributed by atoms with Crippen molar-refractivity contribution in [3.8, 4) is 5.75 Å². The van der Waals surface area contributed by atoms with Gasteiger partial charge in [-0.25, -0.2) is 0 Å². The highest BCUT2D eigenvalue weighted by molar-refractivity contribution is 9.10. The molecule has 0 saturated carbocycles. The van der Waals surface area contributed by atoms with Gasteiger partial charge in [0.15, 0.2) is 0 Å². The third-order valence-corrected chi connectivity index (χ3v) is 4.56. The van der Waals surface area contributed by atoms with Crippen LogP contribution >= 0.6 is 15.9 Å². The zero-order valence-electron chi connectivity index (χ0n) is 15.8. The van der Waals surface area contributed by atoms with E-state index in [0.717, 1.165) is 10.0 Å². The van der Waals surface area contributed by atoms with Crippen LogP contribution in [0.25, 0.3) is 0 Å². The number of hydrogen-bond acceptors (Lipinski definition) is 3. The van der Waals surface area contributed by atoms with Gasteiger partial charge in [0, 0.05) is 25.0 Å². The predicted octanol–water partition coefficient (Wildman–Crippen LogP) is 4.57. The van der Waals surface area contributed by atoms with Crippen molar-refractivity contribution in [2.45, 2.75) is 32.3 Å². The number of ether oxygens (including phenoxy) is 1. The van der Waals surface area contributed by atoms with E-state index in [2.05, 4.69) is 26.0 Å². The Kier molecular flexibility index (Phi) is 7.66.